The number of aromatic nitrogens is 2. The molecule has 23 heavy (non-hydrogen) atoms. The van der Waals surface area contributed by atoms with E-state index >= 15 is 0 Å². The molecular weight excluding hydrogens is 308 g/mol. The first-order valence-electron chi connectivity index (χ1n) is 7.95. The van der Waals surface area contributed by atoms with Crippen LogP contribution in [0, 0.1) is 0 Å². The van der Waals surface area contributed by atoms with Crippen LogP contribution in [0.25, 0.3) is 22.8 Å². The van der Waals surface area contributed by atoms with Crippen LogP contribution in [0.15, 0.2) is 53.1 Å². The molecule has 0 atom stereocenters. The van der Waals surface area contributed by atoms with Gasteiger partial charge in [0.2, 0.25) is 5.82 Å². The van der Waals surface area contributed by atoms with E-state index in [-0.39, 0.29) is 0 Å². The summed E-state index contributed by atoms with van der Waals surface area (Å²) >= 11 is 5.90. The van der Waals surface area contributed by atoms with Gasteiger partial charge in [-0.2, -0.15) is 4.98 Å². The second kappa shape index (κ2) is 7.42. The first-order chi connectivity index (χ1) is 11.3. The Kier molecular flexibility index (Phi) is 5.09. The second-order valence-corrected chi connectivity index (χ2v) is 6.02. The van der Waals surface area contributed by atoms with E-state index in [0.717, 1.165) is 17.5 Å². The fourth-order valence-corrected chi connectivity index (χ4v) is 2.58. The zero-order valence-corrected chi connectivity index (χ0v) is 13.9. The summed E-state index contributed by atoms with van der Waals surface area (Å²) in [5, 5.41) is 4.74. The monoisotopic (exact) mass is 326 g/mol. The molecule has 0 saturated carbocycles. The van der Waals surface area contributed by atoms with Crippen molar-refractivity contribution in [2.75, 3.05) is 0 Å². The van der Waals surface area contributed by atoms with Crippen LogP contribution in [0.3, 0.4) is 0 Å². The minimum absolute atomic E-state index is 0.537. The van der Waals surface area contributed by atoms with Crippen LogP contribution >= 0.6 is 11.6 Å². The molecule has 3 rings (SSSR count). The van der Waals surface area contributed by atoms with Gasteiger partial charge in [0.25, 0.3) is 5.89 Å². The Morgan fingerprint density at radius 1 is 0.913 bits per heavy atom. The molecule has 0 amide bonds. The molecule has 0 aliphatic carbocycles. The fourth-order valence-electron chi connectivity index (χ4n) is 2.45. The molecule has 4 heteroatoms. The number of nitrogens with zero attached hydrogens (tertiary/aromatic N) is 2. The van der Waals surface area contributed by atoms with Crippen molar-refractivity contribution in [2.45, 2.75) is 32.6 Å². The third-order valence-electron chi connectivity index (χ3n) is 3.80. The normalized spacial score (nSPS) is 10.9. The Bertz CT molecular complexity index is 748. The largest absolute Gasteiger partial charge is 0.334 e. The topological polar surface area (TPSA) is 38.9 Å². The molecule has 0 aliphatic heterocycles. The predicted octanol–water partition coefficient (Wildman–Crippen LogP) is 5.79. The van der Waals surface area contributed by atoms with Crippen molar-refractivity contribution in [3.8, 4) is 22.8 Å². The predicted molar refractivity (Wildman–Crippen MR) is 93.4 cm³/mol. The summed E-state index contributed by atoms with van der Waals surface area (Å²) in [5.74, 6) is 1.11. The molecule has 0 radical (unpaired) electrons. The Hall–Kier alpha value is -2.13. The number of hydrogen-bond acceptors (Lipinski definition) is 3. The molecule has 3 nitrogen and oxygen atoms in total. The van der Waals surface area contributed by atoms with E-state index < -0.39 is 0 Å². The van der Waals surface area contributed by atoms with E-state index in [2.05, 4.69) is 29.2 Å². The van der Waals surface area contributed by atoms with Crippen LogP contribution in [0.1, 0.15) is 31.7 Å². The molecule has 0 saturated heterocycles. The van der Waals surface area contributed by atoms with Crippen molar-refractivity contribution < 1.29 is 4.52 Å². The van der Waals surface area contributed by atoms with E-state index in [4.69, 9.17) is 16.1 Å². The summed E-state index contributed by atoms with van der Waals surface area (Å²) in [4.78, 5) is 4.46. The number of halogens is 1. The summed E-state index contributed by atoms with van der Waals surface area (Å²) in [6.45, 7) is 2.22. The highest BCUT2D eigenvalue weighted by Crippen LogP contribution is 2.23. The lowest BCUT2D eigenvalue weighted by Crippen LogP contribution is -1.86. The lowest BCUT2D eigenvalue weighted by atomic mass is 10.1. The van der Waals surface area contributed by atoms with Crippen LogP contribution in [0.5, 0.6) is 0 Å². The Balaban J connectivity index is 1.73. The Morgan fingerprint density at radius 3 is 2.30 bits per heavy atom. The minimum Gasteiger partial charge on any atom is -0.334 e. The zero-order chi connectivity index (χ0) is 16.1. The van der Waals surface area contributed by atoms with Gasteiger partial charge in [0.15, 0.2) is 0 Å². The van der Waals surface area contributed by atoms with Crippen LogP contribution in [0.2, 0.25) is 5.02 Å². The lowest BCUT2D eigenvalue weighted by molar-refractivity contribution is 0.432. The average molecular weight is 327 g/mol. The molecule has 118 valence electrons. The van der Waals surface area contributed by atoms with Gasteiger partial charge in [0.1, 0.15) is 0 Å². The third-order valence-corrected chi connectivity index (χ3v) is 4.05. The Labute approximate surface area is 141 Å². The van der Waals surface area contributed by atoms with E-state index in [9.17, 15) is 0 Å². The summed E-state index contributed by atoms with van der Waals surface area (Å²) in [7, 11) is 0. The molecule has 0 fully saturated rings. The maximum absolute atomic E-state index is 5.90. The van der Waals surface area contributed by atoms with Crippen LogP contribution in [0.4, 0.5) is 0 Å². The smallest absolute Gasteiger partial charge is 0.258 e. The molecule has 0 N–H and O–H groups in total. The minimum atomic E-state index is 0.537. The molecule has 0 bridgehead atoms. The van der Waals surface area contributed by atoms with Gasteiger partial charge in [-0.25, -0.2) is 0 Å². The highest BCUT2D eigenvalue weighted by atomic mass is 35.5. The van der Waals surface area contributed by atoms with Crippen molar-refractivity contribution in [1.82, 2.24) is 10.1 Å². The molecular formula is C19H19ClN2O. The van der Waals surface area contributed by atoms with E-state index in [1.807, 2.05) is 36.4 Å². The maximum Gasteiger partial charge on any atom is 0.258 e. The van der Waals surface area contributed by atoms with Gasteiger partial charge < -0.3 is 4.52 Å². The van der Waals surface area contributed by atoms with Crippen molar-refractivity contribution >= 4 is 11.6 Å². The van der Waals surface area contributed by atoms with Crippen LogP contribution in [-0.2, 0) is 6.42 Å². The highest BCUT2D eigenvalue weighted by molar-refractivity contribution is 6.30. The maximum atomic E-state index is 5.90. The van der Waals surface area contributed by atoms with Crippen molar-refractivity contribution in [3.63, 3.8) is 0 Å². The molecule has 1 aromatic heterocycles. The van der Waals surface area contributed by atoms with Crippen molar-refractivity contribution in [3.05, 3.63) is 59.1 Å². The molecule has 1 heterocycles. The zero-order valence-electron chi connectivity index (χ0n) is 13.1. The van der Waals surface area contributed by atoms with Gasteiger partial charge in [-0.3, -0.25) is 0 Å². The number of hydrogen-bond donors (Lipinski definition) is 0. The van der Waals surface area contributed by atoms with Crippen LogP contribution < -0.4 is 0 Å². The number of unbranched alkanes of at least 4 members (excludes halogenated alkanes) is 2. The first-order valence-corrected chi connectivity index (χ1v) is 8.33. The molecule has 2 aromatic carbocycles. The summed E-state index contributed by atoms with van der Waals surface area (Å²) in [6.07, 6.45) is 4.87. The first kappa shape index (κ1) is 15.8. The van der Waals surface area contributed by atoms with Gasteiger partial charge in [-0.05, 0) is 54.8 Å². The second-order valence-electron chi connectivity index (χ2n) is 5.58. The number of aryl methyl sites for hydroxylation is 1. The number of rotatable bonds is 6. The van der Waals surface area contributed by atoms with Crippen molar-refractivity contribution in [1.29, 1.82) is 0 Å². The van der Waals surface area contributed by atoms with E-state index in [1.54, 1.807) is 0 Å². The molecule has 0 unspecified atom stereocenters. The van der Waals surface area contributed by atoms with Gasteiger partial charge in [-0.15, -0.1) is 0 Å². The van der Waals surface area contributed by atoms with Crippen LogP contribution in [-0.4, -0.2) is 10.1 Å². The third kappa shape index (κ3) is 3.99. The van der Waals surface area contributed by atoms with Gasteiger partial charge in [-0.1, -0.05) is 48.7 Å². The van der Waals surface area contributed by atoms with E-state index in [1.165, 1.54) is 24.8 Å². The lowest BCUT2D eigenvalue weighted by Gasteiger charge is -2.01. The van der Waals surface area contributed by atoms with Gasteiger partial charge in [0, 0.05) is 16.1 Å². The van der Waals surface area contributed by atoms with Gasteiger partial charge in [0.05, 0.1) is 0 Å². The SMILES string of the molecule is CCCCCc1ccc(-c2nc(-c3ccc(Cl)cc3)no2)cc1. The fraction of sp³-hybridized carbons (Fsp3) is 0.263. The highest BCUT2D eigenvalue weighted by Gasteiger charge is 2.10. The summed E-state index contributed by atoms with van der Waals surface area (Å²) in [6, 6.07) is 15.8. The molecule has 0 aliphatic rings. The van der Waals surface area contributed by atoms with E-state index in [0.29, 0.717) is 16.7 Å². The quantitative estimate of drug-likeness (QED) is 0.538. The average Bonchev–Trinajstić information content (AvgIpc) is 3.06. The molecule has 0 spiro atoms. The standard InChI is InChI=1S/C19H19ClN2O/c1-2-3-4-5-14-6-8-16(9-7-14)19-21-18(22-23-19)15-10-12-17(20)13-11-15/h6-13H,2-5H2,1H3. The molecule has 3 aromatic rings. The Morgan fingerprint density at radius 2 is 1.61 bits per heavy atom. The van der Waals surface area contributed by atoms with Crippen molar-refractivity contribution in [2.24, 2.45) is 0 Å². The number of benzene rings is 2. The van der Waals surface area contributed by atoms with Gasteiger partial charge >= 0.3 is 0 Å². The summed E-state index contributed by atoms with van der Waals surface area (Å²) < 4.78 is 5.38. The summed E-state index contributed by atoms with van der Waals surface area (Å²) in [5.41, 5.74) is 3.18.